The Balaban J connectivity index is 2.60. The quantitative estimate of drug-likeness (QED) is 0.768. The molecule has 0 radical (unpaired) electrons. The third-order valence-electron chi connectivity index (χ3n) is 2.46. The van der Waals surface area contributed by atoms with Crippen LogP contribution in [-0.4, -0.2) is 17.8 Å². The third-order valence-corrected chi connectivity index (χ3v) is 3.86. The SMILES string of the molecule is CCC(NC)c1ccc(SCC(C)C)cn1. The van der Waals surface area contributed by atoms with Crippen molar-refractivity contribution in [2.75, 3.05) is 12.8 Å². The maximum Gasteiger partial charge on any atom is 0.0573 e. The molecule has 0 saturated carbocycles. The summed E-state index contributed by atoms with van der Waals surface area (Å²) in [5, 5.41) is 3.27. The molecular formula is C13H22N2S. The first-order valence-electron chi connectivity index (χ1n) is 5.93. The predicted octanol–water partition coefficient (Wildman–Crippen LogP) is 3.50. The lowest BCUT2D eigenvalue weighted by atomic mass is 10.1. The largest absolute Gasteiger partial charge is 0.312 e. The molecule has 0 amide bonds. The van der Waals surface area contributed by atoms with Crippen LogP contribution in [0.25, 0.3) is 0 Å². The number of nitrogens with one attached hydrogen (secondary N) is 1. The van der Waals surface area contributed by atoms with Gasteiger partial charge in [-0.2, -0.15) is 0 Å². The first-order valence-corrected chi connectivity index (χ1v) is 6.92. The molecule has 3 heteroatoms. The molecule has 1 aromatic rings. The van der Waals surface area contributed by atoms with E-state index in [4.69, 9.17) is 0 Å². The van der Waals surface area contributed by atoms with Crippen LogP contribution in [0, 0.1) is 5.92 Å². The monoisotopic (exact) mass is 238 g/mol. The first kappa shape index (κ1) is 13.5. The van der Waals surface area contributed by atoms with Crippen molar-refractivity contribution in [2.24, 2.45) is 5.92 Å². The molecule has 0 bridgehead atoms. The van der Waals surface area contributed by atoms with Crippen molar-refractivity contribution in [2.45, 2.75) is 38.1 Å². The van der Waals surface area contributed by atoms with E-state index < -0.39 is 0 Å². The molecule has 1 atom stereocenters. The van der Waals surface area contributed by atoms with Crippen molar-refractivity contribution in [3.05, 3.63) is 24.0 Å². The van der Waals surface area contributed by atoms with E-state index in [1.54, 1.807) is 0 Å². The van der Waals surface area contributed by atoms with Gasteiger partial charge in [-0.1, -0.05) is 20.8 Å². The molecule has 1 aromatic heterocycles. The predicted molar refractivity (Wildman–Crippen MR) is 71.9 cm³/mol. The van der Waals surface area contributed by atoms with Crippen molar-refractivity contribution in [3.8, 4) is 0 Å². The van der Waals surface area contributed by atoms with Gasteiger partial charge in [0.2, 0.25) is 0 Å². The maximum absolute atomic E-state index is 4.52. The molecule has 0 saturated heterocycles. The molecule has 1 unspecified atom stereocenters. The lowest BCUT2D eigenvalue weighted by molar-refractivity contribution is 0.561. The third kappa shape index (κ3) is 4.14. The summed E-state index contributed by atoms with van der Waals surface area (Å²) in [5.41, 5.74) is 1.14. The summed E-state index contributed by atoms with van der Waals surface area (Å²) in [7, 11) is 1.98. The van der Waals surface area contributed by atoms with E-state index in [1.807, 2.05) is 25.0 Å². The molecular weight excluding hydrogens is 216 g/mol. The zero-order valence-corrected chi connectivity index (χ0v) is 11.5. The van der Waals surface area contributed by atoms with Gasteiger partial charge < -0.3 is 5.32 Å². The summed E-state index contributed by atoms with van der Waals surface area (Å²) in [4.78, 5) is 5.78. The molecule has 0 spiro atoms. The zero-order valence-electron chi connectivity index (χ0n) is 10.7. The zero-order chi connectivity index (χ0) is 12.0. The summed E-state index contributed by atoms with van der Waals surface area (Å²) in [6.45, 7) is 6.65. The van der Waals surface area contributed by atoms with Crippen LogP contribution in [0.5, 0.6) is 0 Å². The van der Waals surface area contributed by atoms with Crippen LogP contribution in [0.15, 0.2) is 23.2 Å². The molecule has 90 valence electrons. The number of hydrogen-bond donors (Lipinski definition) is 1. The Bertz CT molecular complexity index is 291. The van der Waals surface area contributed by atoms with Crippen LogP contribution in [0.4, 0.5) is 0 Å². The Hall–Kier alpha value is -0.540. The topological polar surface area (TPSA) is 24.9 Å². The van der Waals surface area contributed by atoms with Crippen molar-refractivity contribution in [3.63, 3.8) is 0 Å². The number of thioether (sulfide) groups is 1. The highest BCUT2D eigenvalue weighted by molar-refractivity contribution is 7.99. The van der Waals surface area contributed by atoms with E-state index in [0.29, 0.717) is 6.04 Å². The molecule has 1 heterocycles. The number of nitrogens with zero attached hydrogens (tertiary/aromatic N) is 1. The van der Waals surface area contributed by atoms with Crippen molar-refractivity contribution >= 4 is 11.8 Å². The van der Waals surface area contributed by atoms with Crippen LogP contribution in [0.1, 0.15) is 38.9 Å². The summed E-state index contributed by atoms with van der Waals surface area (Å²) in [6, 6.07) is 4.69. The minimum atomic E-state index is 0.379. The highest BCUT2D eigenvalue weighted by Crippen LogP contribution is 2.21. The van der Waals surface area contributed by atoms with E-state index >= 15 is 0 Å². The van der Waals surface area contributed by atoms with E-state index in [9.17, 15) is 0 Å². The van der Waals surface area contributed by atoms with Crippen molar-refractivity contribution in [1.82, 2.24) is 10.3 Å². The van der Waals surface area contributed by atoms with Crippen LogP contribution in [0.3, 0.4) is 0 Å². The maximum atomic E-state index is 4.52. The van der Waals surface area contributed by atoms with Gasteiger partial charge in [0, 0.05) is 22.9 Å². The van der Waals surface area contributed by atoms with Crippen LogP contribution in [-0.2, 0) is 0 Å². The van der Waals surface area contributed by atoms with Crippen LogP contribution < -0.4 is 5.32 Å². The standard InChI is InChI=1S/C13H22N2S/c1-5-12(14-4)13-7-6-11(8-15-13)16-9-10(2)3/h6-8,10,12,14H,5,9H2,1-4H3. The van der Waals surface area contributed by atoms with E-state index in [0.717, 1.165) is 23.8 Å². The van der Waals surface area contributed by atoms with E-state index in [-0.39, 0.29) is 0 Å². The Morgan fingerprint density at radius 3 is 2.56 bits per heavy atom. The van der Waals surface area contributed by atoms with Crippen molar-refractivity contribution < 1.29 is 0 Å². The number of hydrogen-bond acceptors (Lipinski definition) is 3. The van der Waals surface area contributed by atoms with E-state index in [1.165, 1.54) is 4.90 Å². The average molecular weight is 238 g/mol. The Morgan fingerprint density at radius 1 is 1.38 bits per heavy atom. The fourth-order valence-electron chi connectivity index (χ4n) is 1.51. The molecule has 0 fully saturated rings. The van der Waals surface area contributed by atoms with Gasteiger partial charge in [-0.25, -0.2) is 0 Å². The van der Waals surface area contributed by atoms with Crippen molar-refractivity contribution in [1.29, 1.82) is 0 Å². The molecule has 1 N–H and O–H groups in total. The Labute approximate surface area is 103 Å². The Morgan fingerprint density at radius 2 is 2.12 bits per heavy atom. The number of pyridine rings is 1. The fraction of sp³-hybridized carbons (Fsp3) is 0.615. The molecule has 1 rings (SSSR count). The van der Waals surface area contributed by atoms with E-state index in [2.05, 4.69) is 43.2 Å². The molecule has 0 aromatic carbocycles. The molecule has 0 aliphatic carbocycles. The van der Waals surface area contributed by atoms with Gasteiger partial charge in [0.1, 0.15) is 0 Å². The van der Waals surface area contributed by atoms with Gasteiger partial charge in [-0.05, 0) is 31.5 Å². The number of rotatable bonds is 6. The highest BCUT2D eigenvalue weighted by Gasteiger charge is 2.07. The lowest BCUT2D eigenvalue weighted by Crippen LogP contribution is -2.16. The molecule has 0 aliphatic heterocycles. The molecule has 2 nitrogen and oxygen atoms in total. The summed E-state index contributed by atoms with van der Waals surface area (Å²) in [6.07, 6.45) is 3.06. The minimum absolute atomic E-state index is 0.379. The van der Waals surface area contributed by atoms with Gasteiger partial charge in [0.25, 0.3) is 0 Å². The van der Waals surface area contributed by atoms with Gasteiger partial charge in [0.05, 0.1) is 5.69 Å². The smallest absolute Gasteiger partial charge is 0.0573 e. The van der Waals surface area contributed by atoms with Crippen LogP contribution >= 0.6 is 11.8 Å². The second-order valence-corrected chi connectivity index (χ2v) is 5.47. The van der Waals surface area contributed by atoms with Gasteiger partial charge in [0.15, 0.2) is 0 Å². The molecule has 16 heavy (non-hydrogen) atoms. The average Bonchev–Trinajstić information content (AvgIpc) is 2.29. The normalized spacial score (nSPS) is 13.1. The number of aromatic nitrogens is 1. The second kappa shape index (κ2) is 6.92. The minimum Gasteiger partial charge on any atom is -0.312 e. The van der Waals surface area contributed by atoms with Crippen LogP contribution in [0.2, 0.25) is 0 Å². The summed E-state index contributed by atoms with van der Waals surface area (Å²) in [5.74, 6) is 1.88. The van der Waals surface area contributed by atoms with Gasteiger partial charge >= 0.3 is 0 Å². The summed E-state index contributed by atoms with van der Waals surface area (Å²) < 4.78 is 0. The lowest BCUT2D eigenvalue weighted by Gasteiger charge is -2.13. The Kier molecular flexibility index (Phi) is 5.85. The highest BCUT2D eigenvalue weighted by atomic mass is 32.2. The fourth-order valence-corrected chi connectivity index (χ4v) is 2.32. The second-order valence-electron chi connectivity index (χ2n) is 4.37. The summed E-state index contributed by atoms with van der Waals surface area (Å²) >= 11 is 1.88. The first-order chi connectivity index (χ1) is 7.67. The van der Waals surface area contributed by atoms with Gasteiger partial charge in [-0.15, -0.1) is 11.8 Å². The van der Waals surface area contributed by atoms with Gasteiger partial charge in [-0.3, -0.25) is 4.98 Å². The molecule has 0 aliphatic rings.